The summed E-state index contributed by atoms with van der Waals surface area (Å²) in [4.78, 5) is 14.4. The lowest BCUT2D eigenvalue weighted by atomic mass is 10.0. The molecule has 4 aromatic carbocycles. The predicted molar refractivity (Wildman–Crippen MR) is 140 cm³/mol. The van der Waals surface area contributed by atoms with Crippen LogP contribution in [0.2, 0.25) is 0 Å². The summed E-state index contributed by atoms with van der Waals surface area (Å²) in [5.41, 5.74) is 2.75. The summed E-state index contributed by atoms with van der Waals surface area (Å²) in [5, 5.41) is 11.5. The molecule has 0 aromatic heterocycles. The highest BCUT2D eigenvalue weighted by molar-refractivity contribution is 5.70. The van der Waals surface area contributed by atoms with Gasteiger partial charge in [0.25, 0.3) is 0 Å². The highest BCUT2D eigenvalue weighted by Crippen LogP contribution is 2.31. The monoisotopic (exact) mass is 495 g/mol. The maximum atomic E-state index is 12.9. The molecule has 0 bridgehead atoms. The number of aliphatic hydroxyl groups excluding tert-OH is 1. The van der Waals surface area contributed by atoms with Crippen molar-refractivity contribution in [1.82, 2.24) is 4.90 Å². The van der Waals surface area contributed by atoms with Crippen LogP contribution in [0.5, 0.6) is 11.5 Å². The van der Waals surface area contributed by atoms with E-state index in [0.717, 1.165) is 11.1 Å². The standard InChI is InChI=1S/C31H29NO5/c33-29(25-16-18-27(19-17-25)35-21-24-12-6-2-7-13-24)30(37-28-14-8-3-9-15-28)32-26(22-36-31(32)34)20-23-10-4-1-5-11-23/h1-19,26,29-30,33H,20-22H2/t26-,29+,30-/m0/s1. The molecule has 1 aliphatic heterocycles. The van der Waals surface area contributed by atoms with Crippen LogP contribution < -0.4 is 9.47 Å². The molecule has 0 unspecified atom stereocenters. The van der Waals surface area contributed by atoms with Crippen molar-refractivity contribution in [3.63, 3.8) is 0 Å². The molecule has 6 nitrogen and oxygen atoms in total. The summed E-state index contributed by atoms with van der Waals surface area (Å²) in [6.07, 6.45) is -2.03. The lowest BCUT2D eigenvalue weighted by Gasteiger charge is -2.34. The molecule has 1 N–H and O–H groups in total. The molecule has 1 aliphatic rings. The third-order valence-electron chi connectivity index (χ3n) is 6.33. The first-order valence-corrected chi connectivity index (χ1v) is 12.3. The van der Waals surface area contributed by atoms with Gasteiger partial charge in [0.05, 0.1) is 6.04 Å². The molecule has 6 heteroatoms. The van der Waals surface area contributed by atoms with E-state index in [4.69, 9.17) is 14.2 Å². The fourth-order valence-corrected chi connectivity index (χ4v) is 4.41. The number of hydrogen-bond acceptors (Lipinski definition) is 5. The molecule has 0 spiro atoms. The molecular formula is C31H29NO5. The first kappa shape index (κ1) is 24.4. The number of amides is 1. The number of hydrogen-bond donors (Lipinski definition) is 1. The van der Waals surface area contributed by atoms with E-state index in [1.165, 1.54) is 4.90 Å². The highest BCUT2D eigenvalue weighted by atomic mass is 16.6. The van der Waals surface area contributed by atoms with Crippen LogP contribution in [-0.2, 0) is 17.8 Å². The zero-order valence-corrected chi connectivity index (χ0v) is 20.4. The molecule has 1 heterocycles. The summed E-state index contributed by atoms with van der Waals surface area (Å²) in [5.74, 6) is 1.23. The Kier molecular flexibility index (Phi) is 7.67. The Hall–Kier alpha value is -4.29. The van der Waals surface area contributed by atoms with Crippen LogP contribution in [0.4, 0.5) is 4.79 Å². The Labute approximate surface area is 216 Å². The topological polar surface area (TPSA) is 68.2 Å². The Bertz CT molecular complexity index is 1270. The van der Waals surface area contributed by atoms with Gasteiger partial charge in [-0.25, -0.2) is 4.79 Å². The normalized spacial score (nSPS) is 16.6. The van der Waals surface area contributed by atoms with Gasteiger partial charge in [0.1, 0.15) is 30.8 Å². The van der Waals surface area contributed by atoms with E-state index >= 15 is 0 Å². The van der Waals surface area contributed by atoms with Crippen molar-refractivity contribution in [3.05, 3.63) is 132 Å². The molecule has 0 aliphatic carbocycles. The van der Waals surface area contributed by atoms with Gasteiger partial charge in [0, 0.05) is 0 Å². The number of carbonyl (C=O) groups is 1. The second kappa shape index (κ2) is 11.6. The summed E-state index contributed by atoms with van der Waals surface area (Å²) < 4.78 is 17.5. The van der Waals surface area contributed by atoms with Crippen LogP contribution in [0.25, 0.3) is 0 Å². The Morgan fingerprint density at radius 1 is 0.784 bits per heavy atom. The number of nitrogens with zero attached hydrogens (tertiary/aromatic N) is 1. The van der Waals surface area contributed by atoms with Crippen LogP contribution in [0, 0.1) is 0 Å². The minimum absolute atomic E-state index is 0.224. The Morgan fingerprint density at radius 3 is 2.03 bits per heavy atom. The Morgan fingerprint density at radius 2 is 1.38 bits per heavy atom. The van der Waals surface area contributed by atoms with Gasteiger partial charge in [-0.15, -0.1) is 0 Å². The number of cyclic esters (lactones) is 1. The molecule has 4 aromatic rings. The van der Waals surface area contributed by atoms with E-state index in [2.05, 4.69) is 0 Å². The van der Waals surface area contributed by atoms with Gasteiger partial charge in [-0.2, -0.15) is 0 Å². The van der Waals surface area contributed by atoms with E-state index in [1.807, 2.05) is 91.0 Å². The molecule has 1 saturated heterocycles. The van der Waals surface area contributed by atoms with Gasteiger partial charge in [0.15, 0.2) is 0 Å². The number of ether oxygens (including phenoxy) is 3. The minimum atomic E-state index is -1.12. The SMILES string of the molecule is O=C1OC[C@H](Cc2ccccc2)N1[C@@H](Oc1ccccc1)[C@H](O)c1ccc(OCc2ccccc2)cc1. The molecule has 188 valence electrons. The van der Waals surface area contributed by atoms with E-state index in [1.54, 1.807) is 24.3 Å². The fourth-order valence-electron chi connectivity index (χ4n) is 4.41. The lowest BCUT2D eigenvalue weighted by Crippen LogP contribution is -2.49. The van der Waals surface area contributed by atoms with Crippen molar-refractivity contribution in [2.24, 2.45) is 0 Å². The van der Waals surface area contributed by atoms with Gasteiger partial charge in [-0.1, -0.05) is 91.0 Å². The Balaban J connectivity index is 1.36. The summed E-state index contributed by atoms with van der Waals surface area (Å²) in [7, 11) is 0. The van der Waals surface area contributed by atoms with Crippen LogP contribution in [0.15, 0.2) is 115 Å². The van der Waals surface area contributed by atoms with Gasteiger partial charge in [-0.05, 0) is 47.4 Å². The first-order valence-electron chi connectivity index (χ1n) is 12.3. The van der Waals surface area contributed by atoms with E-state index in [9.17, 15) is 9.90 Å². The molecule has 0 saturated carbocycles. The van der Waals surface area contributed by atoms with Gasteiger partial charge >= 0.3 is 6.09 Å². The average Bonchev–Trinajstić information content (AvgIpc) is 3.31. The number of carbonyl (C=O) groups excluding carboxylic acids is 1. The fraction of sp³-hybridized carbons (Fsp3) is 0.194. The molecule has 1 fully saturated rings. The predicted octanol–water partition coefficient (Wildman–Crippen LogP) is 5.77. The van der Waals surface area contributed by atoms with Gasteiger partial charge in [0.2, 0.25) is 6.23 Å². The quantitative estimate of drug-likeness (QED) is 0.303. The third kappa shape index (κ3) is 6.11. The molecule has 3 atom stereocenters. The molecule has 5 rings (SSSR count). The zero-order chi connectivity index (χ0) is 25.5. The van der Waals surface area contributed by atoms with Crippen molar-refractivity contribution in [3.8, 4) is 11.5 Å². The molecular weight excluding hydrogens is 466 g/mol. The highest BCUT2D eigenvalue weighted by Gasteiger charge is 2.43. The summed E-state index contributed by atoms with van der Waals surface area (Å²) in [6, 6.07) is 35.9. The molecule has 0 radical (unpaired) electrons. The van der Waals surface area contributed by atoms with Crippen LogP contribution in [0.1, 0.15) is 22.8 Å². The number of aliphatic hydroxyl groups is 1. The van der Waals surface area contributed by atoms with Crippen molar-refractivity contribution in [2.75, 3.05) is 6.61 Å². The van der Waals surface area contributed by atoms with Gasteiger partial charge < -0.3 is 19.3 Å². The van der Waals surface area contributed by atoms with Crippen molar-refractivity contribution >= 4 is 6.09 Å². The van der Waals surface area contributed by atoms with Crippen molar-refractivity contribution < 1.29 is 24.1 Å². The number of rotatable bonds is 10. The van der Waals surface area contributed by atoms with Crippen LogP contribution in [0.3, 0.4) is 0 Å². The zero-order valence-electron chi connectivity index (χ0n) is 20.4. The number of para-hydroxylation sites is 1. The van der Waals surface area contributed by atoms with Gasteiger partial charge in [-0.3, -0.25) is 4.90 Å². The second-order valence-corrected chi connectivity index (χ2v) is 8.94. The average molecular weight is 496 g/mol. The minimum Gasteiger partial charge on any atom is -0.489 e. The van der Waals surface area contributed by atoms with E-state index in [0.29, 0.717) is 30.1 Å². The van der Waals surface area contributed by atoms with Crippen LogP contribution in [-0.4, -0.2) is 35.0 Å². The third-order valence-corrected chi connectivity index (χ3v) is 6.33. The maximum absolute atomic E-state index is 12.9. The second-order valence-electron chi connectivity index (χ2n) is 8.94. The maximum Gasteiger partial charge on any atom is 0.413 e. The smallest absolute Gasteiger partial charge is 0.413 e. The van der Waals surface area contributed by atoms with E-state index < -0.39 is 18.4 Å². The first-order chi connectivity index (χ1) is 18.2. The summed E-state index contributed by atoms with van der Waals surface area (Å²) >= 11 is 0. The molecule has 37 heavy (non-hydrogen) atoms. The van der Waals surface area contributed by atoms with E-state index in [-0.39, 0.29) is 12.6 Å². The van der Waals surface area contributed by atoms with Crippen molar-refractivity contribution in [1.29, 1.82) is 0 Å². The lowest BCUT2D eigenvalue weighted by molar-refractivity contribution is -0.0546. The molecule has 1 amide bonds. The largest absolute Gasteiger partial charge is 0.489 e. The van der Waals surface area contributed by atoms with Crippen LogP contribution >= 0.6 is 0 Å². The number of benzene rings is 4. The summed E-state index contributed by atoms with van der Waals surface area (Å²) in [6.45, 7) is 0.671. The van der Waals surface area contributed by atoms with Crippen molar-refractivity contribution in [2.45, 2.75) is 31.4 Å².